The molecule has 3 rings (SSSR count). The van der Waals surface area contributed by atoms with Gasteiger partial charge in [0.2, 0.25) is 6.79 Å². The zero-order valence-electron chi connectivity index (χ0n) is 11.9. The number of nitrogens with one attached hydrogen (secondary N) is 1. The number of benzene rings is 2. The van der Waals surface area contributed by atoms with E-state index in [1.165, 1.54) is 0 Å². The van der Waals surface area contributed by atoms with E-state index in [4.69, 9.17) is 25.8 Å². The third kappa shape index (κ3) is 2.94. The van der Waals surface area contributed by atoms with Crippen LogP contribution in [0.1, 0.15) is 15.9 Å². The van der Waals surface area contributed by atoms with Crippen molar-refractivity contribution in [2.45, 2.75) is 6.54 Å². The number of amides is 1. The molecule has 2 aromatic rings. The fourth-order valence-corrected chi connectivity index (χ4v) is 2.42. The maximum atomic E-state index is 12.2. The quantitative estimate of drug-likeness (QED) is 0.941. The van der Waals surface area contributed by atoms with Gasteiger partial charge < -0.3 is 19.5 Å². The zero-order chi connectivity index (χ0) is 15.5. The lowest BCUT2D eigenvalue weighted by atomic mass is 10.1. The Hall–Kier alpha value is -2.40. The van der Waals surface area contributed by atoms with E-state index in [0.717, 1.165) is 5.56 Å². The fourth-order valence-electron chi connectivity index (χ4n) is 2.14. The average Bonchev–Trinajstić information content (AvgIpc) is 3.00. The second-order valence-electron chi connectivity index (χ2n) is 4.72. The molecular formula is C16H14ClNO4. The molecule has 6 heteroatoms. The van der Waals surface area contributed by atoms with Gasteiger partial charge in [0.25, 0.3) is 5.91 Å². The molecule has 1 aliphatic rings. The van der Waals surface area contributed by atoms with Crippen molar-refractivity contribution in [2.75, 3.05) is 13.9 Å². The Bertz CT molecular complexity index is 717. The van der Waals surface area contributed by atoms with Gasteiger partial charge in [-0.1, -0.05) is 17.7 Å². The van der Waals surface area contributed by atoms with Gasteiger partial charge in [0.05, 0.1) is 12.1 Å². The molecule has 1 heterocycles. The summed E-state index contributed by atoms with van der Waals surface area (Å²) < 4.78 is 15.6. The highest BCUT2D eigenvalue weighted by molar-refractivity contribution is 6.32. The van der Waals surface area contributed by atoms with Crippen LogP contribution < -0.4 is 19.5 Å². The number of fused-ring (bicyclic) bond motifs is 1. The lowest BCUT2D eigenvalue weighted by Gasteiger charge is -2.08. The van der Waals surface area contributed by atoms with Crippen molar-refractivity contribution in [1.82, 2.24) is 5.32 Å². The summed E-state index contributed by atoms with van der Waals surface area (Å²) in [5.74, 6) is 1.65. The minimum absolute atomic E-state index is 0.185. The van der Waals surface area contributed by atoms with Gasteiger partial charge in [-0.3, -0.25) is 4.79 Å². The molecule has 0 spiro atoms. The summed E-state index contributed by atoms with van der Waals surface area (Å²) in [6.45, 7) is 0.557. The smallest absolute Gasteiger partial charge is 0.251 e. The minimum atomic E-state index is -0.190. The SMILES string of the molecule is COc1ccc(CNC(=O)c2ccc3c(c2)OCO3)cc1Cl. The molecule has 2 aromatic carbocycles. The third-order valence-electron chi connectivity index (χ3n) is 3.30. The topological polar surface area (TPSA) is 56.8 Å². The predicted octanol–water partition coefficient (Wildman–Crippen LogP) is 3.01. The van der Waals surface area contributed by atoms with Crippen LogP contribution in [-0.4, -0.2) is 19.8 Å². The number of carbonyl (C=O) groups is 1. The molecule has 1 aliphatic heterocycles. The van der Waals surface area contributed by atoms with E-state index < -0.39 is 0 Å². The van der Waals surface area contributed by atoms with Crippen LogP contribution in [0.15, 0.2) is 36.4 Å². The summed E-state index contributed by atoms with van der Waals surface area (Å²) >= 11 is 6.06. The first-order valence-corrected chi connectivity index (χ1v) is 7.05. The van der Waals surface area contributed by atoms with Crippen LogP contribution in [0.25, 0.3) is 0 Å². The van der Waals surface area contributed by atoms with Crippen molar-refractivity contribution in [3.63, 3.8) is 0 Å². The molecule has 0 aromatic heterocycles. The number of ether oxygens (including phenoxy) is 3. The second-order valence-corrected chi connectivity index (χ2v) is 5.13. The first-order chi connectivity index (χ1) is 10.7. The lowest BCUT2D eigenvalue weighted by Crippen LogP contribution is -2.22. The Balaban J connectivity index is 1.66. The van der Waals surface area contributed by atoms with Gasteiger partial charge in [-0.05, 0) is 35.9 Å². The van der Waals surface area contributed by atoms with E-state index in [0.29, 0.717) is 34.4 Å². The lowest BCUT2D eigenvalue weighted by molar-refractivity contribution is 0.0950. The van der Waals surface area contributed by atoms with Crippen molar-refractivity contribution < 1.29 is 19.0 Å². The molecule has 0 radical (unpaired) electrons. The first kappa shape index (κ1) is 14.5. The van der Waals surface area contributed by atoms with Crippen LogP contribution >= 0.6 is 11.6 Å². The number of rotatable bonds is 4. The molecule has 0 aliphatic carbocycles. The fraction of sp³-hybridized carbons (Fsp3) is 0.188. The monoisotopic (exact) mass is 319 g/mol. The highest BCUT2D eigenvalue weighted by atomic mass is 35.5. The summed E-state index contributed by atoms with van der Waals surface area (Å²) in [7, 11) is 1.56. The summed E-state index contributed by atoms with van der Waals surface area (Å²) in [5.41, 5.74) is 1.41. The minimum Gasteiger partial charge on any atom is -0.495 e. The number of halogens is 1. The summed E-state index contributed by atoms with van der Waals surface area (Å²) in [5, 5.41) is 3.35. The van der Waals surface area contributed by atoms with Gasteiger partial charge in [-0.25, -0.2) is 0 Å². The van der Waals surface area contributed by atoms with Gasteiger partial charge in [-0.2, -0.15) is 0 Å². The molecule has 0 saturated heterocycles. The standard InChI is InChI=1S/C16H14ClNO4/c1-20-13-4-2-10(6-12(13)17)8-18-16(19)11-3-5-14-15(7-11)22-9-21-14/h2-7H,8-9H2,1H3,(H,18,19). The van der Waals surface area contributed by atoms with Crippen LogP contribution in [0.4, 0.5) is 0 Å². The Labute approximate surface area is 132 Å². The van der Waals surface area contributed by atoms with E-state index in [1.54, 1.807) is 37.4 Å². The predicted molar refractivity (Wildman–Crippen MR) is 81.7 cm³/mol. The average molecular weight is 320 g/mol. The molecule has 0 fully saturated rings. The molecule has 0 saturated carbocycles. The van der Waals surface area contributed by atoms with Gasteiger partial charge in [0.15, 0.2) is 11.5 Å². The number of carbonyl (C=O) groups excluding carboxylic acids is 1. The normalized spacial score (nSPS) is 12.1. The second kappa shape index (κ2) is 6.15. The van der Waals surface area contributed by atoms with E-state index in [-0.39, 0.29) is 12.7 Å². The van der Waals surface area contributed by atoms with Crippen molar-refractivity contribution in [3.8, 4) is 17.2 Å². The van der Waals surface area contributed by atoms with Gasteiger partial charge in [0, 0.05) is 12.1 Å². The van der Waals surface area contributed by atoms with Crippen molar-refractivity contribution in [3.05, 3.63) is 52.5 Å². The molecule has 0 bridgehead atoms. The number of hydrogen-bond acceptors (Lipinski definition) is 4. The molecule has 22 heavy (non-hydrogen) atoms. The Kier molecular flexibility index (Phi) is 4.06. The molecular weight excluding hydrogens is 306 g/mol. The largest absolute Gasteiger partial charge is 0.495 e. The van der Waals surface area contributed by atoms with Gasteiger partial charge in [-0.15, -0.1) is 0 Å². The first-order valence-electron chi connectivity index (χ1n) is 6.67. The molecule has 0 atom stereocenters. The van der Waals surface area contributed by atoms with E-state index in [2.05, 4.69) is 5.32 Å². The van der Waals surface area contributed by atoms with Crippen LogP contribution in [0, 0.1) is 0 Å². The maximum absolute atomic E-state index is 12.2. The van der Waals surface area contributed by atoms with Crippen LogP contribution in [0.5, 0.6) is 17.2 Å². The summed E-state index contributed by atoms with van der Waals surface area (Å²) in [6.07, 6.45) is 0. The number of hydrogen-bond donors (Lipinski definition) is 1. The van der Waals surface area contributed by atoms with Crippen LogP contribution in [0.2, 0.25) is 5.02 Å². The van der Waals surface area contributed by atoms with E-state index >= 15 is 0 Å². The Morgan fingerprint density at radius 2 is 2.05 bits per heavy atom. The molecule has 1 amide bonds. The third-order valence-corrected chi connectivity index (χ3v) is 3.60. The van der Waals surface area contributed by atoms with Crippen molar-refractivity contribution in [2.24, 2.45) is 0 Å². The molecule has 0 unspecified atom stereocenters. The van der Waals surface area contributed by atoms with Crippen LogP contribution in [0.3, 0.4) is 0 Å². The van der Waals surface area contributed by atoms with E-state index in [1.807, 2.05) is 6.07 Å². The molecule has 114 valence electrons. The zero-order valence-corrected chi connectivity index (χ0v) is 12.6. The highest BCUT2D eigenvalue weighted by Crippen LogP contribution is 2.32. The van der Waals surface area contributed by atoms with Gasteiger partial charge in [0.1, 0.15) is 5.75 Å². The Morgan fingerprint density at radius 1 is 1.23 bits per heavy atom. The van der Waals surface area contributed by atoms with Gasteiger partial charge >= 0.3 is 0 Å². The molecule has 1 N–H and O–H groups in total. The van der Waals surface area contributed by atoms with E-state index in [9.17, 15) is 4.79 Å². The highest BCUT2D eigenvalue weighted by Gasteiger charge is 2.16. The maximum Gasteiger partial charge on any atom is 0.251 e. The molecule has 5 nitrogen and oxygen atoms in total. The summed E-state index contributed by atoms with van der Waals surface area (Å²) in [6, 6.07) is 10.5. The van der Waals surface area contributed by atoms with Crippen molar-refractivity contribution >= 4 is 17.5 Å². The van der Waals surface area contributed by atoms with Crippen LogP contribution in [-0.2, 0) is 6.54 Å². The number of methoxy groups -OCH3 is 1. The van der Waals surface area contributed by atoms with Crippen molar-refractivity contribution in [1.29, 1.82) is 0 Å². The summed E-state index contributed by atoms with van der Waals surface area (Å²) in [4.78, 5) is 12.2. The Morgan fingerprint density at radius 3 is 2.82 bits per heavy atom.